The van der Waals surface area contributed by atoms with Crippen molar-refractivity contribution in [2.75, 3.05) is 17.7 Å². The summed E-state index contributed by atoms with van der Waals surface area (Å²) in [5.41, 5.74) is 7.00. The van der Waals surface area contributed by atoms with Gasteiger partial charge in [0.1, 0.15) is 0 Å². The first kappa shape index (κ1) is 16.0. The Morgan fingerprint density at radius 2 is 1.75 bits per heavy atom. The van der Waals surface area contributed by atoms with Crippen molar-refractivity contribution >= 4 is 23.4 Å². The molecule has 2 amide bonds. The van der Waals surface area contributed by atoms with Crippen molar-refractivity contribution in [1.29, 1.82) is 0 Å². The van der Waals surface area contributed by atoms with Gasteiger partial charge in [0.2, 0.25) is 5.91 Å². The van der Waals surface area contributed by atoms with E-state index < -0.39 is 12.1 Å². The Labute approximate surface area is 118 Å². The van der Waals surface area contributed by atoms with Crippen molar-refractivity contribution in [3.05, 3.63) is 24.3 Å². The lowest BCUT2D eigenvalue weighted by atomic mass is 10.1. The first-order valence-electron chi connectivity index (χ1n) is 6.58. The minimum absolute atomic E-state index is 0.202. The van der Waals surface area contributed by atoms with Gasteiger partial charge in [-0.2, -0.15) is 0 Å². The number of amides is 2. The van der Waals surface area contributed by atoms with Crippen LogP contribution in [-0.2, 0) is 9.53 Å². The number of nitrogens with one attached hydrogen (secondary N) is 2. The van der Waals surface area contributed by atoms with E-state index >= 15 is 0 Å². The number of unbranched alkanes of at least 4 members (excludes halogenated alkanes) is 1. The fraction of sp³-hybridized carbons (Fsp3) is 0.429. The summed E-state index contributed by atoms with van der Waals surface area (Å²) in [5, 5.41) is 5.26. The van der Waals surface area contributed by atoms with Crippen LogP contribution in [0, 0.1) is 0 Å². The van der Waals surface area contributed by atoms with Crippen LogP contribution in [-0.4, -0.2) is 25.2 Å². The van der Waals surface area contributed by atoms with E-state index in [2.05, 4.69) is 22.3 Å². The molecule has 1 aromatic carbocycles. The molecule has 6 heteroatoms. The minimum atomic E-state index is -0.539. The first-order valence-corrected chi connectivity index (χ1v) is 6.58. The number of hydrogen-bond donors (Lipinski definition) is 3. The molecule has 0 aliphatic rings. The van der Waals surface area contributed by atoms with Crippen LogP contribution in [0.15, 0.2) is 24.3 Å². The highest BCUT2D eigenvalue weighted by atomic mass is 16.5. The van der Waals surface area contributed by atoms with Gasteiger partial charge in [0, 0.05) is 11.4 Å². The van der Waals surface area contributed by atoms with E-state index in [4.69, 9.17) is 5.73 Å². The summed E-state index contributed by atoms with van der Waals surface area (Å²) in [6, 6.07) is 6.22. The van der Waals surface area contributed by atoms with E-state index in [1.54, 1.807) is 24.3 Å². The predicted molar refractivity (Wildman–Crippen MR) is 78.6 cm³/mol. The molecule has 6 nitrogen and oxygen atoms in total. The van der Waals surface area contributed by atoms with Crippen LogP contribution in [0.2, 0.25) is 0 Å². The lowest BCUT2D eigenvalue weighted by Gasteiger charge is -2.12. The van der Waals surface area contributed by atoms with E-state index in [0.717, 1.165) is 12.8 Å². The molecule has 0 aliphatic heterocycles. The Kier molecular flexibility index (Phi) is 6.52. The van der Waals surface area contributed by atoms with Crippen molar-refractivity contribution in [3.8, 4) is 0 Å². The van der Waals surface area contributed by atoms with Crippen LogP contribution in [0.5, 0.6) is 0 Å². The zero-order valence-corrected chi connectivity index (χ0v) is 11.8. The highest BCUT2D eigenvalue weighted by Gasteiger charge is 2.12. The van der Waals surface area contributed by atoms with Crippen LogP contribution in [0.4, 0.5) is 16.2 Å². The lowest BCUT2D eigenvalue weighted by Crippen LogP contribution is -2.35. The average Bonchev–Trinajstić information content (AvgIpc) is 2.46. The highest BCUT2D eigenvalue weighted by molar-refractivity contribution is 5.95. The Morgan fingerprint density at radius 1 is 1.20 bits per heavy atom. The van der Waals surface area contributed by atoms with Crippen molar-refractivity contribution in [3.63, 3.8) is 0 Å². The SMILES string of the molecule is CCCC[C@H](N)C(=O)Nc1ccc(NC(=O)OC)cc1. The molecule has 1 atom stereocenters. The summed E-state index contributed by atoms with van der Waals surface area (Å²) in [6.07, 6.45) is 2.07. The molecular formula is C14H21N3O3. The number of hydrogen-bond acceptors (Lipinski definition) is 4. The molecule has 1 rings (SSSR count). The van der Waals surface area contributed by atoms with Gasteiger partial charge >= 0.3 is 6.09 Å². The Hall–Kier alpha value is -2.08. The molecule has 20 heavy (non-hydrogen) atoms. The second kappa shape index (κ2) is 8.16. The third kappa shape index (κ3) is 5.27. The number of ether oxygens (including phenoxy) is 1. The van der Waals surface area contributed by atoms with E-state index in [1.165, 1.54) is 7.11 Å². The number of carbonyl (C=O) groups is 2. The normalized spacial score (nSPS) is 11.6. The molecule has 0 bridgehead atoms. The molecular weight excluding hydrogens is 258 g/mol. The molecule has 4 N–H and O–H groups in total. The lowest BCUT2D eigenvalue weighted by molar-refractivity contribution is -0.117. The van der Waals surface area contributed by atoms with E-state index in [9.17, 15) is 9.59 Å². The van der Waals surface area contributed by atoms with Gasteiger partial charge in [-0.05, 0) is 30.7 Å². The number of benzene rings is 1. The molecule has 0 spiro atoms. The largest absolute Gasteiger partial charge is 0.453 e. The molecule has 110 valence electrons. The zero-order valence-electron chi connectivity index (χ0n) is 11.8. The van der Waals surface area contributed by atoms with Crippen molar-refractivity contribution in [2.45, 2.75) is 32.2 Å². The fourth-order valence-electron chi connectivity index (χ4n) is 1.60. The number of rotatable bonds is 6. The third-order valence-electron chi connectivity index (χ3n) is 2.79. The summed E-state index contributed by atoms with van der Waals surface area (Å²) in [7, 11) is 1.29. The second-order valence-electron chi connectivity index (χ2n) is 4.43. The standard InChI is InChI=1S/C14H21N3O3/c1-3-4-5-12(15)13(18)16-10-6-8-11(9-7-10)17-14(19)20-2/h6-9,12H,3-5,15H2,1-2H3,(H,16,18)(H,17,19)/t12-/m0/s1. The van der Waals surface area contributed by atoms with Crippen LogP contribution in [0.25, 0.3) is 0 Å². The van der Waals surface area contributed by atoms with E-state index in [0.29, 0.717) is 17.8 Å². The molecule has 0 fully saturated rings. The summed E-state index contributed by atoms with van der Waals surface area (Å²) in [5.74, 6) is -0.202. The first-order chi connectivity index (χ1) is 9.56. The predicted octanol–water partition coefficient (Wildman–Crippen LogP) is 2.32. The fourth-order valence-corrected chi connectivity index (χ4v) is 1.60. The Balaban J connectivity index is 2.52. The monoisotopic (exact) mass is 279 g/mol. The number of carbonyl (C=O) groups excluding carboxylic acids is 2. The van der Waals surface area contributed by atoms with Gasteiger partial charge in [0.05, 0.1) is 13.2 Å². The summed E-state index contributed by atoms with van der Waals surface area (Å²) >= 11 is 0. The third-order valence-corrected chi connectivity index (χ3v) is 2.79. The molecule has 0 saturated heterocycles. The van der Waals surface area contributed by atoms with Crippen LogP contribution >= 0.6 is 0 Å². The van der Waals surface area contributed by atoms with Gasteiger partial charge in [-0.25, -0.2) is 4.79 Å². The van der Waals surface area contributed by atoms with Gasteiger partial charge in [-0.1, -0.05) is 19.8 Å². The number of anilines is 2. The molecule has 0 aliphatic carbocycles. The smallest absolute Gasteiger partial charge is 0.411 e. The molecule has 0 saturated carbocycles. The van der Waals surface area contributed by atoms with Gasteiger partial charge in [0.25, 0.3) is 0 Å². The molecule has 0 radical (unpaired) electrons. The maximum Gasteiger partial charge on any atom is 0.411 e. The van der Waals surface area contributed by atoms with Crippen LogP contribution in [0.3, 0.4) is 0 Å². The number of methoxy groups -OCH3 is 1. The highest BCUT2D eigenvalue weighted by Crippen LogP contribution is 2.14. The van der Waals surface area contributed by atoms with Gasteiger partial charge in [-0.15, -0.1) is 0 Å². The maximum absolute atomic E-state index is 11.8. The summed E-state index contributed by atoms with van der Waals surface area (Å²) < 4.78 is 4.48. The molecule has 0 unspecified atom stereocenters. The minimum Gasteiger partial charge on any atom is -0.453 e. The quantitative estimate of drug-likeness (QED) is 0.745. The van der Waals surface area contributed by atoms with Crippen LogP contribution in [0.1, 0.15) is 26.2 Å². The van der Waals surface area contributed by atoms with Crippen LogP contribution < -0.4 is 16.4 Å². The molecule has 0 aromatic heterocycles. The topological polar surface area (TPSA) is 93.5 Å². The summed E-state index contributed by atoms with van der Waals surface area (Å²) in [6.45, 7) is 2.05. The summed E-state index contributed by atoms with van der Waals surface area (Å²) in [4.78, 5) is 22.8. The van der Waals surface area contributed by atoms with E-state index in [1.807, 2.05) is 0 Å². The van der Waals surface area contributed by atoms with Crippen molar-refractivity contribution in [2.24, 2.45) is 5.73 Å². The number of nitrogens with two attached hydrogens (primary N) is 1. The van der Waals surface area contributed by atoms with Gasteiger partial charge in [0.15, 0.2) is 0 Å². The van der Waals surface area contributed by atoms with Gasteiger partial charge in [-0.3, -0.25) is 10.1 Å². The van der Waals surface area contributed by atoms with E-state index in [-0.39, 0.29) is 5.91 Å². The van der Waals surface area contributed by atoms with Crippen molar-refractivity contribution < 1.29 is 14.3 Å². The van der Waals surface area contributed by atoms with Crippen molar-refractivity contribution in [1.82, 2.24) is 0 Å². The molecule has 0 heterocycles. The van der Waals surface area contributed by atoms with Gasteiger partial charge < -0.3 is 15.8 Å². The Morgan fingerprint density at radius 3 is 2.25 bits per heavy atom. The Bertz CT molecular complexity index is 445. The molecule has 1 aromatic rings. The average molecular weight is 279 g/mol. The zero-order chi connectivity index (χ0) is 15.0. The maximum atomic E-state index is 11.8. The second-order valence-corrected chi connectivity index (χ2v) is 4.43.